The molecule has 0 spiro atoms. The van der Waals surface area contributed by atoms with Crippen LogP contribution in [0.4, 0.5) is 0 Å². The number of ether oxygens (including phenoxy) is 2. The van der Waals surface area contributed by atoms with E-state index in [1.54, 1.807) is 17.0 Å². The third kappa shape index (κ3) is 6.96. The van der Waals surface area contributed by atoms with Gasteiger partial charge in [-0.05, 0) is 37.0 Å². The van der Waals surface area contributed by atoms with Gasteiger partial charge in [0.2, 0.25) is 5.91 Å². The Hall–Kier alpha value is -3.43. The highest BCUT2D eigenvalue weighted by atomic mass is 35.5. The number of nitrogens with one attached hydrogen (secondary N) is 1. The maximum absolute atomic E-state index is 13.5. The average Bonchev–Trinajstić information content (AvgIpc) is 2.86. The van der Waals surface area contributed by atoms with Crippen LogP contribution in [-0.2, 0) is 16.1 Å². The first-order valence-corrected chi connectivity index (χ1v) is 13.4. The van der Waals surface area contributed by atoms with E-state index in [0.29, 0.717) is 61.1 Å². The topological polar surface area (TPSA) is 103 Å². The van der Waals surface area contributed by atoms with E-state index in [1.807, 2.05) is 13.0 Å². The maximum Gasteiger partial charge on any atom is 0.265 e. The van der Waals surface area contributed by atoms with E-state index >= 15 is 0 Å². The predicted molar refractivity (Wildman–Crippen MR) is 151 cm³/mol. The number of hydrogen-bond acceptors (Lipinski definition) is 6. The van der Waals surface area contributed by atoms with Gasteiger partial charge >= 0.3 is 0 Å². The Kier molecular flexibility index (Phi) is 8.92. The molecule has 4 heterocycles. The largest absolute Gasteiger partial charge is 0.490 e. The molecule has 1 N–H and O–H groups in total. The Balaban J connectivity index is 1.60. The Bertz CT molecular complexity index is 1380. The zero-order valence-corrected chi connectivity index (χ0v) is 23.4. The standard InChI is InChI=1S/C29H35ClN4O5/c1-5-20(30)7-6-19(2)8-11-32-27(36)23-14-22-24(39-16-21-10-13-38-21)9-12-31-26(22)34(28(23)37)15-25(35)33-17-29(3,4)18-33/h5-7,9,12,14,21H,1,8,10-11,13,15-18H2,2-4H3,(H,32,36). The van der Waals surface area contributed by atoms with Gasteiger partial charge in [-0.1, -0.05) is 49.8 Å². The summed E-state index contributed by atoms with van der Waals surface area (Å²) in [5, 5.41) is 3.82. The molecule has 2 fully saturated rings. The van der Waals surface area contributed by atoms with Gasteiger partial charge in [0, 0.05) is 43.9 Å². The molecule has 2 aromatic heterocycles. The molecule has 2 aliphatic rings. The van der Waals surface area contributed by atoms with Crippen molar-refractivity contribution in [3.63, 3.8) is 0 Å². The number of rotatable bonds is 11. The lowest BCUT2D eigenvalue weighted by atomic mass is 9.84. The molecule has 0 radical (unpaired) electrons. The van der Waals surface area contributed by atoms with Crippen LogP contribution in [0.1, 0.15) is 44.0 Å². The van der Waals surface area contributed by atoms with Gasteiger partial charge in [-0.3, -0.25) is 19.0 Å². The number of nitrogens with zero attached hydrogens (tertiary/aromatic N) is 3. The summed E-state index contributed by atoms with van der Waals surface area (Å²) in [5.41, 5.74) is 0.683. The Morgan fingerprint density at radius 3 is 2.72 bits per heavy atom. The van der Waals surface area contributed by atoms with E-state index in [0.717, 1.165) is 12.0 Å². The summed E-state index contributed by atoms with van der Waals surface area (Å²) < 4.78 is 12.7. The highest BCUT2D eigenvalue weighted by Gasteiger charge is 2.37. The van der Waals surface area contributed by atoms with Crippen LogP contribution in [0, 0.1) is 5.41 Å². The van der Waals surface area contributed by atoms with Crippen LogP contribution < -0.4 is 15.6 Å². The van der Waals surface area contributed by atoms with Crippen LogP contribution in [0.3, 0.4) is 0 Å². The fourth-order valence-electron chi connectivity index (χ4n) is 4.52. The molecule has 2 aliphatic heterocycles. The van der Waals surface area contributed by atoms with Crippen LogP contribution in [0.25, 0.3) is 11.0 Å². The fraction of sp³-hybridized carbons (Fsp3) is 0.448. The number of hydrogen-bond donors (Lipinski definition) is 1. The summed E-state index contributed by atoms with van der Waals surface area (Å²) in [6, 6.07) is 3.19. The first kappa shape index (κ1) is 28.6. The number of amides is 2. The Labute approximate surface area is 233 Å². The fourth-order valence-corrected chi connectivity index (χ4v) is 4.58. The predicted octanol–water partition coefficient (Wildman–Crippen LogP) is 3.81. The summed E-state index contributed by atoms with van der Waals surface area (Å²) in [6.45, 7) is 12.1. The summed E-state index contributed by atoms with van der Waals surface area (Å²) >= 11 is 5.94. The molecule has 9 nitrogen and oxygen atoms in total. The van der Waals surface area contributed by atoms with Gasteiger partial charge in [-0.2, -0.15) is 0 Å². The van der Waals surface area contributed by atoms with E-state index in [1.165, 1.54) is 22.9 Å². The number of aromatic nitrogens is 2. The summed E-state index contributed by atoms with van der Waals surface area (Å²) in [6.07, 6.45) is 8.13. The van der Waals surface area contributed by atoms with Crippen molar-refractivity contribution in [1.29, 1.82) is 0 Å². The Morgan fingerprint density at radius 2 is 2.08 bits per heavy atom. The average molecular weight is 555 g/mol. The van der Waals surface area contributed by atoms with Crippen molar-refractivity contribution >= 4 is 34.4 Å². The second kappa shape index (κ2) is 12.2. The molecular weight excluding hydrogens is 520 g/mol. The molecule has 2 amide bonds. The zero-order chi connectivity index (χ0) is 28.2. The lowest BCUT2D eigenvalue weighted by Gasteiger charge is -2.45. The van der Waals surface area contributed by atoms with Gasteiger partial charge in [0.25, 0.3) is 11.5 Å². The third-order valence-corrected chi connectivity index (χ3v) is 7.10. The second-order valence-corrected chi connectivity index (χ2v) is 11.2. The van der Waals surface area contributed by atoms with E-state index in [4.69, 9.17) is 21.1 Å². The van der Waals surface area contributed by atoms with Crippen molar-refractivity contribution in [2.75, 3.05) is 32.8 Å². The number of halogens is 1. The molecule has 0 saturated carbocycles. The van der Waals surface area contributed by atoms with Gasteiger partial charge in [0.1, 0.15) is 30.1 Å². The summed E-state index contributed by atoms with van der Waals surface area (Å²) in [5.74, 6) is -0.253. The van der Waals surface area contributed by atoms with Crippen LogP contribution >= 0.6 is 11.6 Å². The van der Waals surface area contributed by atoms with Crippen molar-refractivity contribution < 1.29 is 19.1 Å². The lowest BCUT2D eigenvalue weighted by molar-refractivity contribution is -0.142. The SMILES string of the molecule is C=CC(Cl)=CC=C(C)CCNC(=O)c1cc2c(OCC3CCO3)ccnc2n(CC(=O)N2CC(C)(C)C2)c1=O. The number of pyridine rings is 2. The molecule has 1 atom stereocenters. The molecular formula is C29H35ClN4O5. The molecule has 208 valence electrons. The first-order chi connectivity index (χ1) is 18.6. The maximum atomic E-state index is 13.5. The highest BCUT2D eigenvalue weighted by molar-refractivity contribution is 6.31. The van der Waals surface area contributed by atoms with Crippen molar-refractivity contribution in [3.05, 3.63) is 69.7 Å². The van der Waals surface area contributed by atoms with Crippen LogP contribution in [0.5, 0.6) is 5.75 Å². The van der Waals surface area contributed by atoms with Crippen molar-refractivity contribution in [2.45, 2.75) is 46.3 Å². The van der Waals surface area contributed by atoms with Gasteiger partial charge < -0.3 is 19.7 Å². The molecule has 0 aromatic carbocycles. The highest BCUT2D eigenvalue weighted by Crippen LogP contribution is 2.29. The number of fused-ring (bicyclic) bond motifs is 1. The van der Waals surface area contributed by atoms with Crippen LogP contribution in [0.2, 0.25) is 0 Å². The van der Waals surface area contributed by atoms with Crippen LogP contribution in [0.15, 0.2) is 58.5 Å². The van der Waals surface area contributed by atoms with Gasteiger partial charge in [0.05, 0.1) is 11.5 Å². The van der Waals surface area contributed by atoms with Crippen molar-refractivity contribution in [1.82, 2.24) is 19.8 Å². The molecule has 2 aromatic rings. The van der Waals surface area contributed by atoms with Gasteiger partial charge in [-0.15, -0.1) is 0 Å². The normalized spacial score (nSPS) is 18.8. The molecule has 1 unspecified atom stereocenters. The summed E-state index contributed by atoms with van der Waals surface area (Å²) in [7, 11) is 0. The minimum atomic E-state index is -0.576. The number of carbonyl (C=O) groups excluding carboxylic acids is 2. The second-order valence-electron chi connectivity index (χ2n) is 10.8. The van der Waals surface area contributed by atoms with E-state index in [-0.39, 0.29) is 29.5 Å². The number of likely N-dealkylation sites (tertiary alicyclic amines) is 1. The van der Waals surface area contributed by atoms with Crippen molar-refractivity contribution in [3.8, 4) is 5.75 Å². The minimum Gasteiger partial charge on any atom is -0.490 e. The molecule has 10 heteroatoms. The Morgan fingerprint density at radius 1 is 1.33 bits per heavy atom. The van der Waals surface area contributed by atoms with Crippen LogP contribution in [-0.4, -0.2) is 65.2 Å². The molecule has 39 heavy (non-hydrogen) atoms. The third-order valence-electron chi connectivity index (χ3n) is 6.82. The minimum absolute atomic E-state index is 0.00531. The first-order valence-electron chi connectivity index (χ1n) is 13.1. The van der Waals surface area contributed by atoms with Gasteiger partial charge in [0.15, 0.2) is 0 Å². The smallest absolute Gasteiger partial charge is 0.265 e. The number of allylic oxidation sites excluding steroid dienone is 4. The quantitative estimate of drug-likeness (QED) is 0.424. The van der Waals surface area contributed by atoms with E-state index in [9.17, 15) is 14.4 Å². The number of carbonyl (C=O) groups is 2. The molecule has 4 rings (SSSR count). The lowest BCUT2D eigenvalue weighted by Crippen LogP contribution is -2.56. The van der Waals surface area contributed by atoms with Crippen molar-refractivity contribution in [2.24, 2.45) is 5.41 Å². The zero-order valence-electron chi connectivity index (χ0n) is 22.7. The monoisotopic (exact) mass is 554 g/mol. The molecule has 2 saturated heterocycles. The van der Waals surface area contributed by atoms with Gasteiger partial charge in [-0.25, -0.2) is 4.98 Å². The van der Waals surface area contributed by atoms with E-state index < -0.39 is 11.5 Å². The molecule has 0 bridgehead atoms. The summed E-state index contributed by atoms with van der Waals surface area (Å²) in [4.78, 5) is 45.9. The van der Waals surface area contributed by atoms with E-state index in [2.05, 4.69) is 30.7 Å². The molecule has 0 aliphatic carbocycles.